The van der Waals surface area contributed by atoms with Crippen molar-refractivity contribution < 1.29 is 26.7 Å². The zero-order chi connectivity index (χ0) is 15.6. The second-order valence-electron chi connectivity index (χ2n) is 4.16. The first-order valence-corrected chi connectivity index (χ1v) is 5.73. The molecule has 0 aromatic heterocycles. The van der Waals surface area contributed by atoms with Crippen molar-refractivity contribution in [2.75, 3.05) is 10.6 Å². The van der Waals surface area contributed by atoms with Crippen LogP contribution in [0.3, 0.4) is 0 Å². The summed E-state index contributed by atoms with van der Waals surface area (Å²) in [6.07, 6.45) is -6.98. The third kappa shape index (κ3) is 3.59. The largest absolute Gasteiger partial charge is 0.454 e. The van der Waals surface area contributed by atoms with Gasteiger partial charge in [0.25, 0.3) is 12.2 Å². The zero-order valence-corrected chi connectivity index (χ0v) is 10.3. The molecular weight excluding hydrogens is 295 g/mol. The van der Waals surface area contributed by atoms with E-state index in [-0.39, 0.29) is 23.1 Å². The van der Waals surface area contributed by atoms with E-state index in [4.69, 9.17) is 0 Å². The lowest BCUT2D eigenvalue weighted by molar-refractivity contribution is -0.165. The predicted molar refractivity (Wildman–Crippen MR) is 66.9 cm³/mol. The Balaban J connectivity index is 2.44. The van der Waals surface area contributed by atoms with Crippen LogP contribution in [0.5, 0.6) is 0 Å². The van der Waals surface area contributed by atoms with Gasteiger partial charge in [-0.1, -0.05) is 12.1 Å². The molecule has 1 aliphatic heterocycles. The maximum atomic E-state index is 12.8. The molecule has 0 unspecified atom stereocenters. The summed E-state index contributed by atoms with van der Waals surface area (Å²) < 4.78 is 62.4. The second kappa shape index (κ2) is 5.55. The smallest absolute Gasteiger partial charge is 0.354 e. The average Bonchev–Trinajstić information content (AvgIpc) is 2.56. The molecule has 1 aromatic carbocycles. The monoisotopic (exact) mass is 304 g/mol. The van der Waals surface area contributed by atoms with E-state index in [1.807, 2.05) is 0 Å². The molecule has 0 aliphatic carbocycles. The molecule has 0 saturated carbocycles. The molecule has 2 rings (SSSR count). The zero-order valence-electron chi connectivity index (χ0n) is 10.3. The molecule has 2 N–H and O–H groups in total. The summed E-state index contributed by atoms with van der Waals surface area (Å²) in [5.74, 6) is -2.13. The van der Waals surface area contributed by atoms with E-state index in [0.29, 0.717) is 0 Å². The van der Waals surface area contributed by atoms with Gasteiger partial charge in [-0.05, 0) is 18.2 Å². The van der Waals surface area contributed by atoms with Crippen molar-refractivity contribution in [1.82, 2.24) is 0 Å². The number of alkyl halides is 5. The first-order chi connectivity index (χ1) is 9.77. The molecule has 0 radical (unpaired) electrons. The lowest BCUT2D eigenvalue weighted by Crippen LogP contribution is -2.21. The summed E-state index contributed by atoms with van der Waals surface area (Å²) in [7, 11) is 0. The van der Waals surface area contributed by atoms with Crippen LogP contribution < -0.4 is 10.6 Å². The maximum Gasteiger partial charge on any atom is 0.454 e. The van der Waals surface area contributed by atoms with E-state index in [1.165, 1.54) is 12.1 Å². The number of hydrogen-bond donors (Lipinski definition) is 2. The fourth-order valence-electron chi connectivity index (χ4n) is 1.67. The molecule has 1 aromatic rings. The number of carbonyl (C=O) groups excluding carboxylic acids is 1. The molecule has 21 heavy (non-hydrogen) atoms. The van der Waals surface area contributed by atoms with Gasteiger partial charge in [-0.25, -0.2) is 8.78 Å². The highest BCUT2D eigenvalue weighted by atomic mass is 19.4. The van der Waals surface area contributed by atoms with Crippen molar-refractivity contribution in [2.45, 2.75) is 12.6 Å². The molecule has 0 amide bonds. The standard InChI is InChI=1S/C13H9F5N2O/c14-12(15)10-5-7(6-11(21)13(16,17)18)19-8-3-1-2-4-9(8)20-10/h1-6,12,19-20H/b7-6-. The number of nitrogens with one attached hydrogen (secondary N) is 2. The Morgan fingerprint density at radius 1 is 1.10 bits per heavy atom. The predicted octanol–water partition coefficient (Wildman–Crippen LogP) is 3.69. The van der Waals surface area contributed by atoms with Gasteiger partial charge in [0.05, 0.1) is 17.1 Å². The molecule has 0 atom stereocenters. The third-order valence-electron chi connectivity index (χ3n) is 2.60. The van der Waals surface area contributed by atoms with Gasteiger partial charge in [0.2, 0.25) is 0 Å². The van der Waals surface area contributed by atoms with Gasteiger partial charge >= 0.3 is 6.18 Å². The summed E-state index contributed by atoms with van der Waals surface area (Å²) in [6, 6.07) is 6.11. The summed E-state index contributed by atoms with van der Waals surface area (Å²) in [5.41, 5.74) is -0.420. The van der Waals surface area contributed by atoms with Crippen LogP contribution in [-0.2, 0) is 4.79 Å². The van der Waals surface area contributed by atoms with Crippen LogP contribution >= 0.6 is 0 Å². The van der Waals surface area contributed by atoms with Crippen LogP contribution in [0.4, 0.5) is 33.3 Å². The van der Waals surface area contributed by atoms with Crippen molar-refractivity contribution in [3.05, 3.63) is 47.8 Å². The number of halogens is 5. The third-order valence-corrected chi connectivity index (χ3v) is 2.60. The first-order valence-electron chi connectivity index (χ1n) is 5.73. The van der Waals surface area contributed by atoms with E-state index >= 15 is 0 Å². The van der Waals surface area contributed by atoms with Crippen molar-refractivity contribution in [3.63, 3.8) is 0 Å². The Morgan fingerprint density at radius 2 is 1.67 bits per heavy atom. The summed E-state index contributed by atoms with van der Waals surface area (Å²) in [4.78, 5) is 11.0. The van der Waals surface area contributed by atoms with Gasteiger partial charge in [0.15, 0.2) is 0 Å². The molecule has 112 valence electrons. The lowest BCUT2D eigenvalue weighted by Gasteiger charge is -2.10. The lowest BCUT2D eigenvalue weighted by atomic mass is 10.2. The quantitative estimate of drug-likeness (QED) is 0.647. The van der Waals surface area contributed by atoms with Gasteiger partial charge < -0.3 is 10.6 Å². The van der Waals surface area contributed by atoms with Crippen LogP contribution in [0, 0.1) is 0 Å². The fraction of sp³-hybridized carbons (Fsp3) is 0.154. The number of hydrogen-bond acceptors (Lipinski definition) is 3. The number of rotatable bonds is 2. The number of fused-ring (bicyclic) bond motifs is 1. The summed E-state index contributed by atoms with van der Waals surface area (Å²) in [5, 5.41) is 4.93. The van der Waals surface area contributed by atoms with Gasteiger partial charge in [-0.15, -0.1) is 0 Å². The molecular formula is C13H9F5N2O. The Morgan fingerprint density at radius 3 is 2.19 bits per heavy atom. The van der Waals surface area contributed by atoms with Crippen LogP contribution in [0.25, 0.3) is 0 Å². The number of carbonyl (C=O) groups is 1. The Hall–Kier alpha value is -2.38. The SMILES string of the molecule is O=C(/C=C1/C=C(C(F)F)Nc2ccccc2N1)C(F)(F)F. The maximum absolute atomic E-state index is 12.8. The Kier molecular flexibility index (Phi) is 3.97. The van der Waals surface area contributed by atoms with Crippen LogP contribution in [0.15, 0.2) is 47.8 Å². The minimum Gasteiger partial charge on any atom is -0.354 e. The fourth-order valence-corrected chi connectivity index (χ4v) is 1.67. The first kappa shape index (κ1) is 15.0. The second-order valence-corrected chi connectivity index (χ2v) is 4.16. The van der Waals surface area contributed by atoms with Crippen molar-refractivity contribution in [2.24, 2.45) is 0 Å². The number of para-hydroxylation sites is 2. The Labute approximate surface area is 116 Å². The molecule has 8 heteroatoms. The molecule has 1 aliphatic rings. The van der Waals surface area contributed by atoms with Crippen molar-refractivity contribution in [3.8, 4) is 0 Å². The molecule has 1 heterocycles. The molecule has 3 nitrogen and oxygen atoms in total. The van der Waals surface area contributed by atoms with Gasteiger partial charge in [0, 0.05) is 11.8 Å². The molecule has 0 bridgehead atoms. The normalized spacial score (nSPS) is 16.7. The summed E-state index contributed by atoms with van der Waals surface area (Å²) >= 11 is 0. The number of benzene rings is 1. The van der Waals surface area contributed by atoms with E-state index < -0.39 is 24.1 Å². The van der Waals surface area contributed by atoms with Crippen LogP contribution in [-0.4, -0.2) is 18.4 Å². The minimum absolute atomic E-state index is 0.242. The average molecular weight is 304 g/mol. The van der Waals surface area contributed by atoms with Crippen molar-refractivity contribution in [1.29, 1.82) is 0 Å². The minimum atomic E-state index is -5.06. The number of anilines is 2. The molecule has 0 fully saturated rings. The summed E-state index contributed by atoms with van der Waals surface area (Å²) in [6.45, 7) is 0. The van der Waals surface area contributed by atoms with Crippen LogP contribution in [0.2, 0.25) is 0 Å². The van der Waals surface area contributed by atoms with Gasteiger partial charge in [0.1, 0.15) is 0 Å². The molecule has 0 spiro atoms. The number of allylic oxidation sites excluding steroid dienone is 3. The van der Waals surface area contributed by atoms with Crippen molar-refractivity contribution >= 4 is 17.2 Å². The van der Waals surface area contributed by atoms with E-state index in [0.717, 1.165) is 6.08 Å². The van der Waals surface area contributed by atoms with E-state index in [9.17, 15) is 26.7 Å². The number of ketones is 1. The topological polar surface area (TPSA) is 41.1 Å². The molecule has 0 saturated heterocycles. The Bertz CT molecular complexity index is 619. The van der Waals surface area contributed by atoms with Crippen LogP contribution in [0.1, 0.15) is 0 Å². The van der Waals surface area contributed by atoms with E-state index in [1.54, 1.807) is 12.1 Å². The highest BCUT2D eigenvalue weighted by Gasteiger charge is 2.37. The highest BCUT2D eigenvalue weighted by Crippen LogP contribution is 2.30. The van der Waals surface area contributed by atoms with Gasteiger partial charge in [-0.2, -0.15) is 13.2 Å². The highest BCUT2D eigenvalue weighted by molar-refractivity contribution is 5.96. The van der Waals surface area contributed by atoms with Gasteiger partial charge in [-0.3, -0.25) is 4.79 Å². The van der Waals surface area contributed by atoms with E-state index in [2.05, 4.69) is 10.6 Å².